The first-order valence-electron chi connectivity index (χ1n) is 5.26. The molecule has 1 aliphatic heterocycles. The Bertz CT molecular complexity index is 358. The molecule has 0 unspecified atom stereocenters. The fourth-order valence-corrected chi connectivity index (χ4v) is 2.23. The lowest BCUT2D eigenvalue weighted by Gasteiger charge is -2.25. The van der Waals surface area contributed by atoms with E-state index in [0.717, 1.165) is 24.3 Å². The fourth-order valence-electron chi connectivity index (χ4n) is 2.23. The molecule has 1 aromatic heterocycles. The predicted molar refractivity (Wildman–Crippen MR) is 54.1 cm³/mol. The minimum absolute atomic E-state index is 0.966. The summed E-state index contributed by atoms with van der Waals surface area (Å²) in [5.74, 6) is 2.19. The molecular weight excluding hydrogens is 174 g/mol. The van der Waals surface area contributed by atoms with Crippen LogP contribution in [0.15, 0.2) is 29.7 Å². The van der Waals surface area contributed by atoms with E-state index in [4.69, 9.17) is 4.74 Å². The second-order valence-corrected chi connectivity index (χ2v) is 3.96. The van der Waals surface area contributed by atoms with Crippen LogP contribution in [0.1, 0.15) is 31.4 Å². The zero-order valence-electron chi connectivity index (χ0n) is 8.12. The van der Waals surface area contributed by atoms with Gasteiger partial charge in [-0.2, -0.15) is 0 Å². The van der Waals surface area contributed by atoms with Crippen molar-refractivity contribution in [3.8, 4) is 5.75 Å². The van der Waals surface area contributed by atoms with Gasteiger partial charge in [0.2, 0.25) is 0 Å². The van der Waals surface area contributed by atoms with Gasteiger partial charge in [-0.05, 0) is 37.0 Å². The Hall–Kier alpha value is -1.31. The van der Waals surface area contributed by atoms with E-state index in [1.54, 1.807) is 0 Å². The number of hydrogen-bond donors (Lipinski definition) is 0. The minimum Gasteiger partial charge on any atom is -0.460 e. The number of allylic oxidation sites excluding steroid dienone is 2. The lowest BCUT2D eigenvalue weighted by Crippen LogP contribution is -2.14. The van der Waals surface area contributed by atoms with Crippen molar-refractivity contribution < 1.29 is 4.74 Å². The molecule has 0 aromatic carbocycles. The summed E-state index contributed by atoms with van der Waals surface area (Å²) in [6.45, 7) is 0. The predicted octanol–water partition coefficient (Wildman–Crippen LogP) is 2.84. The monoisotopic (exact) mass is 187 g/mol. The average Bonchev–Trinajstić information content (AvgIpc) is 2.26. The molecule has 0 radical (unpaired) electrons. The molecular formula is C12H13NO. The summed E-state index contributed by atoms with van der Waals surface area (Å²) >= 11 is 0. The normalized spacial score (nSPS) is 19.7. The molecule has 3 rings (SSSR count). The van der Waals surface area contributed by atoms with Crippen molar-refractivity contribution in [2.24, 2.45) is 0 Å². The maximum Gasteiger partial charge on any atom is 0.148 e. The molecule has 2 nitrogen and oxygen atoms in total. The van der Waals surface area contributed by atoms with Gasteiger partial charge in [-0.1, -0.05) is 0 Å². The van der Waals surface area contributed by atoms with Gasteiger partial charge in [-0.3, -0.25) is 4.98 Å². The zero-order valence-corrected chi connectivity index (χ0v) is 8.12. The van der Waals surface area contributed by atoms with E-state index in [1.165, 1.54) is 30.6 Å². The Morgan fingerprint density at radius 1 is 1.21 bits per heavy atom. The summed E-state index contributed by atoms with van der Waals surface area (Å²) in [6.07, 6.45) is 7.75. The summed E-state index contributed by atoms with van der Waals surface area (Å²) < 4.78 is 5.85. The van der Waals surface area contributed by atoms with Crippen molar-refractivity contribution in [2.75, 3.05) is 0 Å². The Kier molecular flexibility index (Phi) is 1.79. The van der Waals surface area contributed by atoms with Gasteiger partial charge in [-0.15, -0.1) is 0 Å². The van der Waals surface area contributed by atoms with E-state index < -0.39 is 0 Å². The van der Waals surface area contributed by atoms with Crippen LogP contribution in [0, 0.1) is 0 Å². The highest BCUT2D eigenvalue weighted by Gasteiger charge is 2.22. The topological polar surface area (TPSA) is 22.1 Å². The van der Waals surface area contributed by atoms with E-state index in [2.05, 4.69) is 4.98 Å². The molecule has 1 aromatic rings. The van der Waals surface area contributed by atoms with Crippen molar-refractivity contribution in [1.82, 2.24) is 4.98 Å². The molecule has 0 atom stereocenters. The molecule has 0 saturated carbocycles. The van der Waals surface area contributed by atoms with Gasteiger partial charge in [0.05, 0.1) is 5.69 Å². The third kappa shape index (κ3) is 1.22. The van der Waals surface area contributed by atoms with Crippen molar-refractivity contribution in [2.45, 2.75) is 32.1 Å². The average molecular weight is 187 g/mol. The summed E-state index contributed by atoms with van der Waals surface area (Å²) in [6, 6.07) is 3.95. The number of fused-ring (bicyclic) bond motifs is 1. The van der Waals surface area contributed by atoms with Crippen LogP contribution in [0.3, 0.4) is 0 Å². The lowest BCUT2D eigenvalue weighted by molar-refractivity contribution is 0.353. The summed E-state index contributed by atoms with van der Waals surface area (Å²) in [5, 5.41) is 0. The molecule has 0 saturated heterocycles. The molecule has 0 fully saturated rings. The first-order chi connectivity index (χ1) is 6.93. The highest BCUT2D eigenvalue weighted by atomic mass is 16.5. The van der Waals surface area contributed by atoms with Crippen molar-refractivity contribution in [1.29, 1.82) is 0 Å². The summed E-state index contributed by atoms with van der Waals surface area (Å²) in [7, 11) is 0. The molecule has 2 aliphatic rings. The molecule has 14 heavy (non-hydrogen) atoms. The highest BCUT2D eigenvalue weighted by Crippen LogP contribution is 2.35. The van der Waals surface area contributed by atoms with E-state index in [0.29, 0.717) is 0 Å². The molecule has 2 heterocycles. The quantitative estimate of drug-likeness (QED) is 0.623. The van der Waals surface area contributed by atoms with Crippen LogP contribution in [0.5, 0.6) is 5.75 Å². The van der Waals surface area contributed by atoms with Gasteiger partial charge >= 0.3 is 0 Å². The Morgan fingerprint density at radius 2 is 2.14 bits per heavy atom. The first-order valence-corrected chi connectivity index (χ1v) is 5.26. The standard InChI is InChI=1S/C12H13NO/c1-2-5-11-9(4-1)8-10-12(14-11)6-3-7-13-10/h3,6-7H,1-2,4-5,8H2. The van der Waals surface area contributed by atoms with Gasteiger partial charge in [0, 0.05) is 19.0 Å². The van der Waals surface area contributed by atoms with Gasteiger partial charge in [-0.25, -0.2) is 0 Å². The number of rotatable bonds is 0. The second kappa shape index (κ2) is 3.12. The van der Waals surface area contributed by atoms with E-state index in [-0.39, 0.29) is 0 Å². The van der Waals surface area contributed by atoms with E-state index >= 15 is 0 Å². The van der Waals surface area contributed by atoms with Gasteiger partial charge in [0.1, 0.15) is 11.5 Å². The maximum atomic E-state index is 5.85. The Balaban J connectivity index is 1.99. The zero-order chi connectivity index (χ0) is 9.38. The van der Waals surface area contributed by atoms with Gasteiger partial charge in [0.25, 0.3) is 0 Å². The number of pyridine rings is 1. The van der Waals surface area contributed by atoms with Crippen LogP contribution in [-0.2, 0) is 6.42 Å². The number of hydrogen-bond acceptors (Lipinski definition) is 2. The van der Waals surface area contributed by atoms with Crippen LogP contribution in [-0.4, -0.2) is 4.98 Å². The summed E-state index contributed by atoms with van der Waals surface area (Å²) in [5.41, 5.74) is 2.58. The third-order valence-electron chi connectivity index (χ3n) is 2.99. The van der Waals surface area contributed by atoms with Gasteiger partial charge in [0.15, 0.2) is 0 Å². The number of nitrogens with zero attached hydrogens (tertiary/aromatic N) is 1. The Morgan fingerprint density at radius 3 is 3.14 bits per heavy atom. The highest BCUT2D eigenvalue weighted by molar-refractivity contribution is 5.37. The minimum atomic E-state index is 0.966. The number of aromatic nitrogens is 1. The smallest absolute Gasteiger partial charge is 0.148 e. The van der Waals surface area contributed by atoms with Gasteiger partial charge < -0.3 is 4.74 Å². The largest absolute Gasteiger partial charge is 0.460 e. The first kappa shape index (κ1) is 8.04. The SMILES string of the molecule is c1cnc2c(c1)OC1=C(CCCC1)C2. The summed E-state index contributed by atoms with van der Waals surface area (Å²) in [4.78, 5) is 4.35. The van der Waals surface area contributed by atoms with Crippen LogP contribution in [0.25, 0.3) is 0 Å². The third-order valence-corrected chi connectivity index (χ3v) is 2.99. The van der Waals surface area contributed by atoms with E-state index in [9.17, 15) is 0 Å². The number of ether oxygens (including phenoxy) is 1. The van der Waals surface area contributed by atoms with Crippen molar-refractivity contribution >= 4 is 0 Å². The fraction of sp³-hybridized carbons (Fsp3) is 0.417. The van der Waals surface area contributed by atoms with Crippen LogP contribution in [0.2, 0.25) is 0 Å². The molecule has 0 amide bonds. The molecule has 2 heteroatoms. The molecule has 0 bridgehead atoms. The molecule has 0 spiro atoms. The molecule has 0 N–H and O–H groups in total. The van der Waals surface area contributed by atoms with Crippen LogP contribution >= 0.6 is 0 Å². The van der Waals surface area contributed by atoms with Crippen LogP contribution < -0.4 is 4.74 Å². The second-order valence-electron chi connectivity index (χ2n) is 3.96. The Labute approximate surface area is 83.6 Å². The maximum absolute atomic E-state index is 5.85. The van der Waals surface area contributed by atoms with Crippen LogP contribution in [0.4, 0.5) is 0 Å². The van der Waals surface area contributed by atoms with Crippen molar-refractivity contribution in [3.63, 3.8) is 0 Å². The molecule has 72 valence electrons. The van der Waals surface area contributed by atoms with Crippen molar-refractivity contribution in [3.05, 3.63) is 35.4 Å². The lowest BCUT2D eigenvalue weighted by atomic mass is 9.92. The molecule has 1 aliphatic carbocycles. The van der Waals surface area contributed by atoms with E-state index in [1.807, 2.05) is 18.3 Å².